The maximum Gasteiger partial charge on any atom is 0.253 e. The number of anilines is 1. The van der Waals surface area contributed by atoms with Crippen molar-refractivity contribution >= 4 is 17.5 Å². The second kappa shape index (κ2) is 8.71. The molecule has 2 N–H and O–H groups in total. The third kappa shape index (κ3) is 5.47. The van der Waals surface area contributed by atoms with Crippen molar-refractivity contribution < 1.29 is 14.0 Å². The van der Waals surface area contributed by atoms with Gasteiger partial charge in [0.2, 0.25) is 5.91 Å². The highest BCUT2D eigenvalue weighted by Gasteiger charge is 2.07. The van der Waals surface area contributed by atoms with Gasteiger partial charge in [-0.15, -0.1) is 0 Å². The van der Waals surface area contributed by atoms with E-state index in [2.05, 4.69) is 15.6 Å². The van der Waals surface area contributed by atoms with E-state index in [1.807, 2.05) is 6.07 Å². The van der Waals surface area contributed by atoms with Crippen molar-refractivity contribution in [3.63, 3.8) is 0 Å². The van der Waals surface area contributed by atoms with Crippen molar-refractivity contribution in [2.45, 2.75) is 13.0 Å². The molecule has 1 heterocycles. The number of rotatable bonds is 6. The van der Waals surface area contributed by atoms with E-state index in [0.717, 1.165) is 11.1 Å². The van der Waals surface area contributed by atoms with Gasteiger partial charge in [-0.2, -0.15) is 0 Å². The van der Waals surface area contributed by atoms with Crippen LogP contribution in [-0.2, 0) is 17.8 Å². The fourth-order valence-corrected chi connectivity index (χ4v) is 2.53. The summed E-state index contributed by atoms with van der Waals surface area (Å²) in [7, 11) is 0. The Bertz CT molecular complexity index is 928. The maximum absolute atomic E-state index is 12.9. The zero-order valence-corrected chi connectivity index (χ0v) is 14.5. The van der Waals surface area contributed by atoms with Crippen molar-refractivity contribution in [1.82, 2.24) is 10.3 Å². The van der Waals surface area contributed by atoms with Crippen LogP contribution >= 0.6 is 0 Å². The summed E-state index contributed by atoms with van der Waals surface area (Å²) < 4.78 is 12.9. The highest BCUT2D eigenvalue weighted by molar-refractivity contribution is 5.94. The first kappa shape index (κ1) is 18.3. The largest absolute Gasteiger partial charge is 0.348 e. The lowest BCUT2D eigenvalue weighted by molar-refractivity contribution is -0.115. The van der Waals surface area contributed by atoms with Crippen molar-refractivity contribution in [2.24, 2.45) is 0 Å². The summed E-state index contributed by atoms with van der Waals surface area (Å²) in [5, 5.41) is 5.62. The lowest BCUT2D eigenvalue weighted by atomic mass is 10.1. The van der Waals surface area contributed by atoms with Gasteiger partial charge in [-0.05, 0) is 47.5 Å². The van der Waals surface area contributed by atoms with Crippen LogP contribution in [0.3, 0.4) is 0 Å². The number of amides is 2. The van der Waals surface area contributed by atoms with Gasteiger partial charge < -0.3 is 10.6 Å². The van der Waals surface area contributed by atoms with Gasteiger partial charge in [0, 0.05) is 24.6 Å². The first-order valence-corrected chi connectivity index (χ1v) is 8.41. The molecule has 2 aromatic carbocycles. The van der Waals surface area contributed by atoms with Gasteiger partial charge in [-0.25, -0.2) is 4.39 Å². The second-order valence-electron chi connectivity index (χ2n) is 5.98. The van der Waals surface area contributed by atoms with Gasteiger partial charge in [0.25, 0.3) is 5.91 Å². The average molecular weight is 363 g/mol. The molecule has 0 saturated heterocycles. The van der Waals surface area contributed by atoms with Gasteiger partial charge in [0.15, 0.2) is 0 Å². The SMILES string of the molecule is O=C(Cc1ccc(F)cc1)Nc1cccc(CNC(=O)c2cccnc2)c1. The Labute approximate surface area is 156 Å². The predicted molar refractivity (Wildman–Crippen MR) is 101 cm³/mol. The molecule has 0 aliphatic rings. The minimum absolute atomic E-state index is 0.155. The first-order chi connectivity index (χ1) is 13.1. The van der Waals surface area contributed by atoms with E-state index in [9.17, 15) is 14.0 Å². The van der Waals surface area contributed by atoms with Crippen LogP contribution in [0.25, 0.3) is 0 Å². The normalized spacial score (nSPS) is 10.3. The van der Waals surface area contributed by atoms with Gasteiger partial charge in [0.1, 0.15) is 5.82 Å². The minimum atomic E-state index is -0.333. The molecule has 136 valence electrons. The average Bonchev–Trinajstić information content (AvgIpc) is 2.69. The molecule has 0 fully saturated rings. The number of nitrogens with zero attached hydrogens (tertiary/aromatic N) is 1. The molecule has 3 rings (SSSR count). The summed E-state index contributed by atoms with van der Waals surface area (Å²) in [6, 6.07) is 16.4. The Balaban J connectivity index is 1.56. The van der Waals surface area contributed by atoms with Crippen molar-refractivity contribution in [3.05, 3.63) is 95.6 Å². The Kier molecular flexibility index (Phi) is 5.89. The van der Waals surface area contributed by atoms with Crippen LogP contribution in [0.2, 0.25) is 0 Å². The highest BCUT2D eigenvalue weighted by atomic mass is 19.1. The molecule has 0 aliphatic carbocycles. The number of pyridine rings is 1. The van der Waals surface area contributed by atoms with Gasteiger partial charge in [-0.3, -0.25) is 14.6 Å². The summed E-state index contributed by atoms with van der Waals surface area (Å²) in [4.78, 5) is 28.1. The van der Waals surface area contributed by atoms with Crippen molar-refractivity contribution in [2.75, 3.05) is 5.32 Å². The topological polar surface area (TPSA) is 71.1 Å². The smallest absolute Gasteiger partial charge is 0.253 e. The van der Waals surface area contributed by atoms with Gasteiger partial charge in [0.05, 0.1) is 12.0 Å². The third-order valence-corrected chi connectivity index (χ3v) is 3.87. The Morgan fingerprint density at radius 2 is 1.78 bits per heavy atom. The summed E-state index contributed by atoms with van der Waals surface area (Å²) in [6.45, 7) is 0.329. The minimum Gasteiger partial charge on any atom is -0.348 e. The van der Waals surface area contributed by atoms with E-state index < -0.39 is 0 Å². The molecule has 0 saturated carbocycles. The molecule has 0 unspecified atom stereocenters. The molecule has 5 nitrogen and oxygen atoms in total. The quantitative estimate of drug-likeness (QED) is 0.706. The maximum atomic E-state index is 12.9. The summed E-state index contributed by atoms with van der Waals surface area (Å²) in [6.07, 6.45) is 3.26. The van der Waals surface area contributed by atoms with Gasteiger partial charge in [-0.1, -0.05) is 24.3 Å². The number of aromatic nitrogens is 1. The fourth-order valence-electron chi connectivity index (χ4n) is 2.53. The van der Waals surface area contributed by atoms with Gasteiger partial charge >= 0.3 is 0 Å². The summed E-state index contributed by atoms with van der Waals surface area (Å²) in [5.41, 5.74) is 2.71. The number of halogens is 1. The van der Waals surface area contributed by atoms with Crippen molar-refractivity contribution in [3.8, 4) is 0 Å². The molecular weight excluding hydrogens is 345 g/mol. The van der Waals surface area contributed by atoms with Crippen LogP contribution in [-0.4, -0.2) is 16.8 Å². The molecule has 6 heteroatoms. The van der Waals surface area contributed by atoms with E-state index in [1.165, 1.54) is 18.3 Å². The highest BCUT2D eigenvalue weighted by Crippen LogP contribution is 2.12. The van der Waals surface area contributed by atoms with E-state index in [-0.39, 0.29) is 24.1 Å². The zero-order valence-electron chi connectivity index (χ0n) is 14.5. The van der Waals surface area contributed by atoms with Crippen LogP contribution in [0, 0.1) is 5.82 Å². The predicted octanol–water partition coefficient (Wildman–Crippen LogP) is 3.33. The Morgan fingerprint density at radius 1 is 0.963 bits per heavy atom. The second-order valence-corrected chi connectivity index (χ2v) is 5.98. The van der Waals surface area contributed by atoms with Crippen LogP contribution in [0.1, 0.15) is 21.5 Å². The first-order valence-electron chi connectivity index (χ1n) is 8.41. The van der Waals surface area contributed by atoms with Crippen LogP contribution in [0.5, 0.6) is 0 Å². The third-order valence-electron chi connectivity index (χ3n) is 3.87. The van der Waals surface area contributed by atoms with Crippen LogP contribution < -0.4 is 10.6 Å². The molecule has 0 bridgehead atoms. The number of carbonyl (C=O) groups excluding carboxylic acids is 2. The summed E-state index contributed by atoms with van der Waals surface area (Å²) >= 11 is 0. The summed E-state index contributed by atoms with van der Waals surface area (Å²) in [5.74, 6) is -0.743. The molecule has 3 aromatic rings. The Morgan fingerprint density at radius 3 is 2.52 bits per heavy atom. The lowest BCUT2D eigenvalue weighted by Gasteiger charge is -2.09. The Hall–Kier alpha value is -3.54. The number of nitrogens with one attached hydrogen (secondary N) is 2. The van der Waals surface area contributed by atoms with E-state index in [0.29, 0.717) is 17.8 Å². The number of hydrogen-bond donors (Lipinski definition) is 2. The molecule has 0 radical (unpaired) electrons. The zero-order chi connectivity index (χ0) is 19.1. The number of benzene rings is 2. The molecule has 0 aliphatic heterocycles. The monoisotopic (exact) mass is 363 g/mol. The van der Waals surface area contributed by atoms with E-state index in [4.69, 9.17) is 0 Å². The fraction of sp³-hybridized carbons (Fsp3) is 0.0952. The molecule has 27 heavy (non-hydrogen) atoms. The molecule has 0 spiro atoms. The molecule has 2 amide bonds. The van der Waals surface area contributed by atoms with Crippen LogP contribution in [0.4, 0.5) is 10.1 Å². The van der Waals surface area contributed by atoms with Crippen LogP contribution in [0.15, 0.2) is 73.1 Å². The molecule has 1 aromatic heterocycles. The standard InChI is InChI=1S/C21H18FN3O2/c22-18-8-6-15(7-9-18)12-20(26)25-19-5-1-3-16(11-19)13-24-21(27)17-4-2-10-23-14-17/h1-11,14H,12-13H2,(H,24,27)(H,25,26). The molecular formula is C21H18FN3O2. The number of carbonyl (C=O) groups is 2. The van der Waals surface area contributed by atoms with E-state index >= 15 is 0 Å². The van der Waals surface area contributed by atoms with E-state index in [1.54, 1.807) is 48.7 Å². The van der Waals surface area contributed by atoms with Crippen molar-refractivity contribution in [1.29, 1.82) is 0 Å². The lowest BCUT2D eigenvalue weighted by Crippen LogP contribution is -2.23. The molecule has 0 atom stereocenters. The number of hydrogen-bond acceptors (Lipinski definition) is 3.